The molecule has 0 heterocycles. The van der Waals surface area contributed by atoms with E-state index in [0.717, 1.165) is 14.2 Å². The number of esters is 2. The van der Waals surface area contributed by atoms with E-state index in [1.165, 1.54) is 0 Å². The predicted molar refractivity (Wildman–Crippen MR) is 210 cm³/mol. The Morgan fingerprint density at radius 2 is 0.691 bits per heavy atom. The molecule has 10 N–H and O–H groups in total. The number of halogens is 12. The van der Waals surface area contributed by atoms with Crippen molar-refractivity contribution in [2.24, 2.45) is 69.6 Å². The van der Waals surface area contributed by atoms with Crippen molar-refractivity contribution in [2.75, 3.05) is 14.2 Å². The van der Waals surface area contributed by atoms with Crippen molar-refractivity contribution in [3.63, 3.8) is 0 Å². The van der Waals surface area contributed by atoms with Gasteiger partial charge in [-0.25, -0.2) is 0 Å². The molecule has 5 aliphatic rings. The number of carbonyl (C=O) groups excluding carboxylic acids is 4. The van der Waals surface area contributed by atoms with Gasteiger partial charge >= 0.3 is 36.6 Å². The first-order valence-electron chi connectivity index (χ1n) is 22.6. The normalized spacial score (nSPS) is 37.1. The lowest BCUT2D eigenvalue weighted by atomic mass is 9.56. The zero-order valence-corrected chi connectivity index (χ0v) is 37.1. The van der Waals surface area contributed by atoms with Gasteiger partial charge in [0.05, 0.1) is 74.4 Å². The second kappa shape index (κ2) is 20.5. The third kappa shape index (κ3) is 10.3. The van der Waals surface area contributed by atoms with Gasteiger partial charge in [0.25, 0.3) is 0 Å². The van der Waals surface area contributed by atoms with E-state index in [4.69, 9.17) is 20.9 Å². The van der Waals surface area contributed by atoms with E-state index in [1.54, 1.807) is 0 Å². The monoisotopic (exact) mass is 1010 g/mol. The van der Waals surface area contributed by atoms with E-state index in [9.17, 15) is 39.6 Å². The summed E-state index contributed by atoms with van der Waals surface area (Å²) in [6.45, 7) is 0. The van der Waals surface area contributed by atoms with Crippen LogP contribution in [0.5, 0.6) is 0 Å². The van der Waals surface area contributed by atoms with Crippen molar-refractivity contribution in [3.05, 3.63) is 0 Å². The Morgan fingerprint density at radius 3 is 0.956 bits per heavy atom. The van der Waals surface area contributed by atoms with Gasteiger partial charge in [-0.05, 0) is 114 Å². The van der Waals surface area contributed by atoms with Crippen LogP contribution in [0.25, 0.3) is 0 Å². The zero-order valence-electron chi connectivity index (χ0n) is 37.1. The second-order valence-electron chi connectivity index (χ2n) is 19.5. The van der Waals surface area contributed by atoms with Crippen LogP contribution in [0, 0.1) is 58.2 Å². The number of nitrogens with two attached hydrogens (primary N) is 2. The quantitative estimate of drug-likeness (QED) is 0.114. The van der Waals surface area contributed by atoms with Crippen molar-refractivity contribution in [3.8, 4) is 0 Å². The molecule has 5 aliphatic carbocycles. The number of aliphatic hydroxyl groups is 4. The summed E-state index contributed by atoms with van der Waals surface area (Å²) in [5.74, 6) is -20.9. The molecule has 2 amide bonds. The highest BCUT2D eigenvalue weighted by Crippen LogP contribution is 2.66. The second-order valence-corrected chi connectivity index (χ2v) is 19.5. The predicted octanol–water partition coefficient (Wildman–Crippen LogP) is 4.08. The molecule has 0 aromatic heterocycles. The highest BCUT2D eigenvalue weighted by Gasteiger charge is 2.78. The summed E-state index contributed by atoms with van der Waals surface area (Å²) < 4.78 is 191. The summed E-state index contributed by atoms with van der Waals surface area (Å²) in [5, 5.41) is 46.6. The number of alkyl halides is 12. The van der Waals surface area contributed by atoms with Crippen molar-refractivity contribution >= 4 is 23.8 Å². The number of rotatable bonds is 10. The molecule has 0 radical (unpaired) electrons. The molecule has 0 aromatic rings. The third-order valence-corrected chi connectivity index (χ3v) is 16.1. The van der Waals surface area contributed by atoms with Gasteiger partial charge in [-0.15, -0.1) is 0 Å². The minimum absolute atomic E-state index is 0.475. The molecular formula is C42H60F12N4O10. The highest BCUT2D eigenvalue weighted by molar-refractivity contribution is 5.91. The topological polar surface area (TPSA) is 244 Å². The molecule has 68 heavy (non-hydrogen) atoms. The minimum Gasteiger partial charge on any atom is -0.469 e. The summed E-state index contributed by atoms with van der Waals surface area (Å²) in [7, 11) is 1.74. The van der Waals surface area contributed by atoms with Crippen molar-refractivity contribution < 1.29 is 102 Å². The number of carbonyl (C=O) groups is 4. The number of amides is 2. The summed E-state index contributed by atoms with van der Waals surface area (Å²) in [5.41, 5.74) is 2.68. The summed E-state index contributed by atoms with van der Waals surface area (Å²) in [4.78, 5) is 54.8. The maximum Gasteiger partial charge on any atom is 0.403 e. The van der Waals surface area contributed by atoms with Crippen LogP contribution < -0.4 is 22.1 Å². The van der Waals surface area contributed by atoms with E-state index in [2.05, 4.69) is 10.6 Å². The van der Waals surface area contributed by atoms with Gasteiger partial charge in [-0.3, -0.25) is 19.2 Å². The fraction of sp³-hybridized carbons (Fsp3) is 0.905. The van der Waals surface area contributed by atoms with Crippen LogP contribution in [0.4, 0.5) is 52.7 Å². The maximum atomic E-state index is 15.1. The Hall–Kier alpha value is -3.20. The van der Waals surface area contributed by atoms with Gasteiger partial charge in [0, 0.05) is 12.1 Å². The summed E-state index contributed by atoms with van der Waals surface area (Å²) >= 11 is 0. The van der Waals surface area contributed by atoms with Gasteiger partial charge in [0.1, 0.15) is 0 Å². The lowest BCUT2D eigenvalue weighted by Gasteiger charge is -2.53. The SMILES string of the molecule is COC(=O)C1CC(C(=O)OC)C(C(=O)NC2CC(C(C3CCC(O)C(N)C3)(C(F)(F)F)C(F)(F)F)CCC2O)CC1C(=O)NC1CC(C(C2CCC(O)C(N)C2)(C(F)(F)F)C(F)(F)F)CCC1O. The number of hydrogen-bond acceptors (Lipinski definition) is 12. The molecule has 0 saturated heterocycles. The highest BCUT2D eigenvalue weighted by atomic mass is 19.4. The van der Waals surface area contributed by atoms with Crippen LogP contribution in [-0.4, -0.2) is 132 Å². The molecule has 26 heteroatoms. The van der Waals surface area contributed by atoms with E-state index in [-0.39, 0.29) is 0 Å². The van der Waals surface area contributed by atoms with Crippen molar-refractivity contribution in [1.82, 2.24) is 10.6 Å². The smallest absolute Gasteiger partial charge is 0.403 e. The van der Waals surface area contributed by atoms with E-state index in [0.29, 0.717) is 0 Å². The van der Waals surface area contributed by atoms with Gasteiger partial charge in [-0.1, -0.05) is 0 Å². The Kier molecular flexibility index (Phi) is 16.8. The number of aliphatic hydroxyl groups excluding tert-OH is 4. The molecule has 0 aromatic carbocycles. The lowest BCUT2D eigenvalue weighted by Crippen LogP contribution is -2.64. The van der Waals surface area contributed by atoms with Crippen LogP contribution in [0.2, 0.25) is 0 Å². The zero-order chi connectivity index (χ0) is 51.3. The van der Waals surface area contributed by atoms with Crippen LogP contribution >= 0.6 is 0 Å². The molecule has 0 bridgehead atoms. The molecule has 0 aliphatic heterocycles. The van der Waals surface area contributed by atoms with E-state index >= 15 is 52.7 Å². The number of nitrogens with one attached hydrogen (secondary N) is 2. The third-order valence-electron chi connectivity index (χ3n) is 16.1. The minimum atomic E-state index is -5.96. The van der Waals surface area contributed by atoms with Gasteiger partial charge < -0.3 is 52.0 Å². The van der Waals surface area contributed by atoms with Gasteiger partial charge in [-0.2, -0.15) is 52.7 Å². The Morgan fingerprint density at radius 1 is 0.426 bits per heavy atom. The Bertz CT molecular complexity index is 1650. The van der Waals surface area contributed by atoms with Crippen LogP contribution in [-0.2, 0) is 28.7 Å². The largest absolute Gasteiger partial charge is 0.469 e. The molecule has 5 fully saturated rings. The number of methoxy groups -OCH3 is 2. The molecule has 16 unspecified atom stereocenters. The first-order valence-corrected chi connectivity index (χ1v) is 22.6. The maximum absolute atomic E-state index is 15.1. The van der Waals surface area contributed by atoms with Crippen molar-refractivity contribution in [1.29, 1.82) is 0 Å². The molecule has 0 spiro atoms. The fourth-order valence-electron chi connectivity index (χ4n) is 12.7. The Labute approximate surface area is 382 Å². The lowest BCUT2D eigenvalue weighted by molar-refractivity contribution is -0.384. The molecule has 392 valence electrons. The van der Waals surface area contributed by atoms with E-state index < -0.39 is 245 Å². The van der Waals surface area contributed by atoms with Gasteiger partial charge in [0.15, 0.2) is 10.8 Å². The fourth-order valence-corrected chi connectivity index (χ4v) is 12.7. The van der Waals surface area contributed by atoms with Crippen molar-refractivity contribution in [2.45, 2.75) is 163 Å². The molecule has 14 nitrogen and oxygen atoms in total. The number of ether oxygens (including phenoxy) is 2. The summed E-state index contributed by atoms with van der Waals surface area (Å²) in [6.07, 6.45) is -41.1. The van der Waals surface area contributed by atoms with Gasteiger partial charge in [0.2, 0.25) is 11.8 Å². The van der Waals surface area contributed by atoms with Crippen LogP contribution in [0.3, 0.4) is 0 Å². The average Bonchev–Trinajstić information content (AvgIpc) is 3.22. The standard InChI is InChI=1S/C42H60F12N4O10/c1-67-35(65)23-16-24(36(66)68-2)22(34(64)58-28-14-20(6-10-32(28)62)38(41(49,50)51,42(52,53)54)18-4-8-30(60)26(56)12-18)15-21(23)33(63)57-27-13-19(5-9-31(27)61)37(39(43,44)45,40(46,47)48)17-3-7-29(59)25(55)11-17/h17-32,59-62H,3-16,55-56H2,1-2H3,(H,57,63)(H,58,64). The molecule has 16 atom stereocenters. The Balaban J connectivity index is 1.45. The molecular weight excluding hydrogens is 948 g/mol. The van der Waals surface area contributed by atoms with Crippen LogP contribution in [0.15, 0.2) is 0 Å². The first kappa shape index (κ1) is 55.7. The molecule has 5 rings (SSSR count). The average molecular weight is 1010 g/mol. The van der Waals surface area contributed by atoms with Crippen LogP contribution in [0.1, 0.15) is 89.9 Å². The number of hydrogen-bond donors (Lipinski definition) is 8. The summed E-state index contributed by atoms with van der Waals surface area (Å²) in [6, 6.07) is -6.54. The molecule has 5 saturated carbocycles. The first-order chi connectivity index (χ1) is 31.3. The van der Waals surface area contributed by atoms with E-state index in [1.807, 2.05) is 0 Å².